The summed E-state index contributed by atoms with van der Waals surface area (Å²) in [6.45, 7) is -0.109. The number of anilines is 1. The van der Waals surface area contributed by atoms with Gasteiger partial charge >= 0.3 is 11.9 Å². The van der Waals surface area contributed by atoms with Crippen molar-refractivity contribution in [1.82, 2.24) is 19.7 Å². The van der Waals surface area contributed by atoms with Crippen LogP contribution in [0.5, 0.6) is 0 Å². The molecule has 152 valence electrons. The second-order valence-electron chi connectivity index (χ2n) is 6.14. The van der Waals surface area contributed by atoms with Crippen LogP contribution in [0.15, 0.2) is 43.0 Å². The van der Waals surface area contributed by atoms with E-state index < -0.39 is 17.0 Å². The van der Waals surface area contributed by atoms with E-state index in [9.17, 15) is 23.3 Å². The van der Waals surface area contributed by atoms with E-state index in [1.807, 2.05) is 0 Å². The largest absolute Gasteiger partial charge is 0.395 e. The molecular formula is C17H16F3N7O2. The molecule has 0 aliphatic carbocycles. The molecule has 0 fully saturated rings. The van der Waals surface area contributed by atoms with Crippen molar-refractivity contribution in [2.24, 2.45) is 5.73 Å². The Morgan fingerprint density at radius 3 is 2.55 bits per heavy atom. The van der Waals surface area contributed by atoms with E-state index in [2.05, 4.69) is 15.1 Å². The van der Waals surface area contributed by atoms with Crippen LogP contribution in [0, 0.1) is 10.1 Å². The van der Waals surface area contributed by atoms with E-state index in [0.717, 1.165) is 6.20 Å². The van der Waals surface area contributed by atoms with Crippen molar-refractivity contribution in [1.29, 1.82) is 0 Å². The SMILES string of the molecule is NCCC(c1ccc(-n2cc(-c3ccnc(N)c3[N+](=O)[O-])cn2)nc1)C(F)(F)F. The van der Waals surface area contributed by atoms with Crippen molar-refractivity contribution in [2.75, 3.05) is 12.3 Å². The Morgan fingerprint density at radius 1 is 1.21 bits per heavy atom. The van der Waals surface area contributed by atoms with Gasteiger partial charge in [0, 0.05) is 24.2 Å². The highest BCUT2D eigenvalue weighted by Gasteiger charge is 2.40. The zero-order valence-electron chi connectivity index (χ0n) is 14.9. The van der Waals surface area contributed by atoms with Gasteiger partial charge in [0.05, 0.1) is 22.6 Å². The minimum Gasteiger partial charge on any atom is -0.378 e. The third-order valence-corrected chi connectivity index (χ3v) is 4.29. The first-order chi connectivity index (χ1) is 13.7. The summed E-state index contributed by atoms with van der Waals surface area (Å²) in [7, 11) is 0. The highest BCUT2D eigenvalue weighted by molar-refractivity contribution is 5.78. The first-order valence-corrected chi connectivity index (χ1v) is 8.39. The molecule has 3 aromatic rings. The van der Waals surface area contributed by atoms with Crippen molar-refractivity contribution < 1.29 is 18.1 Å². The van der Waals surface area contributed by atoms with Gasteiger partial charge in [0.1, 0.15) is 0 Å². The zero-order valence-corrected chi connectivity index (χ0v) is 14.9. The van der Waals surface area contributed by atoms with Crippen LogP contribution in [0.25, 0.3) is 16.9 Å². The van der Waals surface area contributed by atoms with Crippen LogP contribution in [0.2, 0.25) is 0 Å². The number of nitrogens with zero attached hydrogens (tertiary/aromatic N) is 5. The lowest BCUT2D eigenvalue weighted by Gasteiger charge is -2.19. The Bertz CT molecular complexity index is 1020. The van der Waals surface area contributed by atoms with Crippen LogP contribution in [0.4, 0.5) is 24.7 Å². The highest BCUT2D eigenvalue weighted by Crippen LogP contribution is 2.37. The molecule has 3 aromatic heterocycles. The van der Waals surface area contributed by atoms with Crippen LogP contribution >= 0.6 is 0 Å². The number of nitrogen functional groups attached to an aromatic ring is 1. The number of halogens is 3. The second kappa shape index (κ2) is 7.83. The maximum Gasteiger partial charge on any atom is 0.395 e. The minimum atomic E-state index is -4.43. The summed E-state index contributed by atoms with van der Waals surface area (Å²) in [4.78, 5) is 18.4. The number of pyridine rings is 2. The average molecular weight is 407 g/mol. The van der Waals surface area contributed by atoms with Crippen LogP contribution in [-0.2, 0) is 0 Å². The van der Waals surface area contributed by atoms with Crippen LogP contribution < -0.4 is 11.5 Å². The molecule has 0 amide bonds. The fraction of sp³-hybridized carbons (Fsp3) is 0.235. The van der Waals surface area contributed by atoms with Gasteiger partial charge < -0.3 is 11.5 Å². The number of aromatic nitrogens is 4. The molecule has 29 heavy (non-hydrogen) atoms. The maximum atomic E-state index is 13.2. The van der Waals surface area contributed by atoms with Gasteiger partial charge in [-0.1, -0.05) is 6.07 Å². The Balaban J connectivity index is 1.92. The van der Waals surface area contributed by atoms with Crippen LogP contribution in [0.3, 0.4) is 0 Å². The topological polar surface area (TPSA) is 139 Å². The van der Waals surface area contributed by atoms with E-state index >= 15 is 0 Å². The molecule has 12 heteroatoms. The summed E-state index contributed by atoms with van der Waals surface area (Å²) >= 11 is 0. The molecule has 0 aromatic carbocycles. The Kier molecular flexibility index (Phi) is 5.46. The summed E-state index contributed by atoms with van der Waals surface area (Å²) in [6, 6.07) is 4.12. The molecule has 0 radical (unpaired) electrons. The normalized spacial score (nSPS) is 12.7. The maximum absolute atomic E-state index is 13.2. The predicted octanol–water partition coefficient (Wildman–Crippen LogP) is 2.81. The van der Waals surface area contributed by atoms with E-state index in [1.54, 1.807) is 0 Å². The molecule has 3 rings (SSSR count). The summed E-state index contributed by atoms with van der Waals surface area (Å²) in [5.74, 6) is -1.69. The molecule has 0 aliphatic rings. The standard InChI is InChI=1S/C17H16F3N7O2/c18-17(19,20)13(3-5-21)10-1-2-14(24-7-10)26-9-11(8-25-26)12-4-6-23-16(22)15(12)27(28)29/h1-2,4,6-9,13H,3,5,21H2,(H2,22,23). The molecule has 1 atom stereocenters. The number of nitrogens with two attached hydrogens (primary N) is 2. The third kappa shape index (κ3) is 4.16. The lowest BCUT2D eigenvalue weighted by Crippen LogP contribution is -2.23. The van der Waals surface area contributed by atoms with Gasteiger partial charge in [-0.15, -0.1) is 0 Å². The number of hydrogen-bond donors (Lipinski definition) is 2. The number of alkyl halides is 3. The second-order valence-corrected chi connectivity index (χ2v) is 6.14. The molecular weight excluding hydrogens is 391 g/mol. The Labute approximate surface area is 162 Å². The number of rotatable bonds is 6. The first kappa shape index (κ1) is 20.2. The van der Waals surface area contributed by atoms with E-state index in [0.29, 0.717) is 5.56 Å². The van der Waals surface area contributed by atoms with Gasteiger partial charge in [0.25, 0.3) is 0 Å². The quantitative estimate of drug-likeness (QED) is 0.473. The van der Waals surface area contributed by atoms with Crippen LogP contribution in [0.1, 0.15) is 17.9 Å². The Hall–Kier alpha value is -3.54. The molecule has 9 nitrogen and oxygen atoms in total. The number of hydrogen-bond acceptors (Lipinski definition) is 7. The molecule has 0 saturated heterocycles. The van der Waals surface area contributed by atoms with Crippen molar-refractivity contribution >= 4 is 11.5 Å². The van der Waals surface area contributed by atoms with E-state index in [4.69, 9.17) is 11.5 Å². The summed E-state index contributed by atoms with van der Waals surface area (Å²) in [6.07, 6.45) is 0.606. The predicted molar refractivity (Wildman–Crippen MR) is 98.1 cm³/mol. The first-order valence-electron chi connectivity index (χ1n) is 8.39. The average Bonchev–Trinajstić information content (AvgIpc) is 3.15. The molecule has 3 heterocycles. The van der Waals surface area contributed by atoms with E-state index in [1.165, 1.54) is 41.5 Å². The van der Waals surface area contributed by atoms with E-state index in [-0.39, 0.29) is 41.4 Å². The molecule has 1 unspecified atom stereocenters. The molecule has 0 aliphatic heterocycles. The van der Waals surface area contributed by atoms with Crippen molar-refractivity contribution in [2.45, 2.75) is 18.5 Å². The van der Waals surface area contributed by atoms with Gasteiger partial charge in [-0.3, -0.25) is 10.1 Å². The third-order valence-electron chi connectivity index (χ3n) is 4.29. The van der Waals surface area contributed by atoms with Gasteiger partial charge in [0.2, 0.25) is 5.82 Å². The molecule has 0 spiro atoms. The monoisotopic (exact) mass is 407 g/mol. The van der Waals surface area contributed by atoms with Gasteiger partial charge in [-0.2, -0.15) is 18.3 Å². The Morgan fingerprint density at radius 2 is 1.97 bits per heavy atom. The zero-order chi connectivity index (χ0) is 21.2. The van der Waals surface area contributed by atoms with Gasteiger partial charge in [0.15, 0.2) is 5.82 Å². The fourth-order valence-electron chi connectivity index (χ4n) is 2.91. The molecule has 0 bridgehead atoms. The molecule has 4 N–H and O–H groups in total. The lowest BCUT2D eigenvalue weighted by molar-refractivity contribution is -0.383. The number of nitro groups is 1. The highest BCUT2D eigenvalue weighted by atomic mass is 19.4. The smallest absolute Gasteiger partial charge is 0.378 e. The van der Waals surface area contributed by atoms with Crippen molar-refractivity contribution in [3.63, 3.8) is 0 Å². The van der Waals surface area contributed by atoms with Crippen molar-refractivity contribution in [3.8, 4) is 16.9 Å². The summed E-state index contributed by atoms with van der Waals surface area (Å²) in [5, 5.41) is 15.4. The minimum absolute atomic E-state index is 0.00313. The molecule has 0 saturated carbocycles. The fourth-order valence-corrected chi connectivity index (χ4v) is 2.91. The summed E-state index contributed by atoms with van der Waals surface area (Å²) in [5.41, 5.74) is 11.1. The van der Waals surface area contributed by atoms with Crippen molar-refractivity contribution in [3.05, 3.63) is 58.7 Å². The van der Waals surface area contributed by atoms with Gasteiger partial charge in [-0.25, -0.2) is 14.6 Å². The van der Waals surface area contributed by atoms with Gasteiger partial charge in [-0.05, 0) is 30.7 Å². The summed E-state index contributed by atoms with van der Waals surface area (Å²) < 4.78 is 40.8. The van der Waals surface area contributed by atoms with Crippen LogP contribution in [-0.4, -0.2) is 37.4 Å². The lowest BCUT2D eigenvalue weighted by atomic mass is 9.97.